The summed E-state index contributed by atoms with van der Waals surface area (Å²) in [5.74, 6) is -1.26. The van der Waals surface area contributed by atoms with E-state index in [1.54, 1.807) is 0 Å². The highest BCUT2D eigenvalue weighted by Crippen LogP contribution is 2.22. The molecule has 0 aliphatic heterocycles. The molecule has 0 aliphatic carbocycles. The van der Waals surface area contributed by atoms with Crippen molar-refractivity contribution in [2.24, 2.45) is 0 Å². The summed E-state index contributed by atoms with van der Waals surface area (Å²) in [7, 11) is 0. The molecule has 0 radical (unpaired) electrons. The van der Waals surface area contributed by atoms with E-state index in [-0.39, 0.29) is 11.3 Å². The molecule has 7 heteroatoms. The van der Waals surface area contributed by atoms with E-state index in [9.17, 15) is 25.1 Å². The molecule has 17 heavy (non-hydrogen) atoms. The molecule has 0 heterocycles. The summed E-state index contributed by atoms with van der Waals surface area (Å²) in [6.45, 7) is 0. The topological polar surface area (TPSA) is 121 Å². The lowest BCUT2D eigenvalue weighted by Gasteiger charge is -2.16. The van der Waals surface area contributed by atoms with Gasteiger partial charge >= 0.3 is 5.97 Å². The second-order valence-electron chi connectivity index (χ2n) is 3.46. The average Bonchev–Trinajstić information content (AvgIpc) is 2.27. The van der Waals surface area contributed by atoms with Crippen molar-refractivity contribution in [1.29, 1.82) is 0 Å². The van der Waals surface area contributed by atoms with Gasteiger partial charge in [0, 0.05) is 12.1 Å². The van der Waals surface area contributed by atoms with Gasteiger partial charge in [-0.25, -0.2) is 0 Å². The van der Waals surface area contributed by atoms with Crippen molar-refractivity contribution >= 4 is 11.7 Å². The predicted octanol–water partition coefficient (Wildman–Crippen LogP) is 0.464. The summed E-state index contributed by atoms with van der Waals surface area (Å²) in [5.41, 5.74) is -0.128. The Bertz CT molecular complexity index is 433. The molecule has 7 nitrogen and oxygen atoms in total. The van der Waals surface area contributed by atoms with Crippen molar-refractivity contribution in [3.05, 3.63) is 39.9 Å². The predicted molar refractivity (Wildman–Crippen MR) is 56.3 cm³/mol. The third-order valence-electron chi connectivity index (χ3n) is 2.17. The zero-order valence-corrected chi connectivity index (χ0v) is 8.68. The van der Waals surface area contributed by atoms with Gasteiger partial charge in [0.05, 0.1) is 17.4 Å². The quantitative estimate of drug-likeness (QED) is 0.508. The van der Waals surface area contributed by atoms with Gasteiger partial charge in [-0.1, -0.05) is 12.1 Å². The van der Waals surface area contributed by atoms with E-state index in [0.717, 1.165) is 6.07 Å². The van der Waals surface area contributed by atoms with Crippen molar-refractivity contribution in [3.63, 3.8) is 0 Å². The molecule has 0 aliphatic rings. The molecule has 0 aromatic heterocycles. The number of non-ortho nitro benzene ring substituents is 1. The number of rotatable bonds is 5. The van der Waals surface area contributed by atoms with Crippen molar-refractivity contribution in [3.8, 4) is 0 Å². The molecule has 0 spiro atoms. The van der Waals surface area contributed by atoms with Crippen LogP contribution in [0, 0.1) is 10.1 Å². The number of benzene rings is 1. The Balaban J connectivity index is 2.88. The van der Waals surface area contributed by atoms with Crippen molar-refractivity contribution in [1.82, 2.24) is 0 Å². The highest BCUT2D eigenvalue weighted by molar-refractivity contribution is 5.67. The maximum atomic E-state index is 10.5. The van der Waals surface area contributed by atoms with E-state index in [0.29, 0.717) is 0 Å². The van der Waals surface area contributed by atoms with Gasteiger partial charge in [-0.2, -0.15) is 0 Å². The molecule has 2 unspecified atom stereocenters. The minimum absolute atomic E-state index is 0.105. The number of aliphatic hydroxyl groups excluding tert-OH is 2. The second kappa shape index (κ2) is 5.37. The number of aliphatic carboxylic acids is 1. The van der Waals surface area contributed by atoms with Crippen LogP contribution in [-0.2, 0) is 4.79 Å². The Morgan fingerprint density at radius 3 is 2.59 bits per heavy atom. The first-order valence-corrected chi connectivity index (χ1v) is 4.74. The van der Waals surface area contributed by atoms with Crippen LogP contribution in [0.5, 0.6) is 0 Å². The molecule has 92 valence electrons. The van der Waals surface area contributed by atoms with Crippen molar-refractivity contribution < 1.29 is 25.0 Å². The number of nitro groups is 1. The van der Waals surface area contributed by atoms with Crippen molar-refractivity contribution in [2.45, 2.75) is 18.6 Å². The molecule has 2 atom stereocenters. The van der Waals surface area contributed by atoms with Crippen LogP contribution < -0.4 is 0 Å². The highest BCUT2D eigenvalue weighted by atomic mass is 16.6. The number of hydrogen-bond acceptors (Lipinski definition) is 5. The molecule has 1 aromatic rings. The second-order valence-corrected chi connectivity index (χ2v) is 3.46. The lowest BCUT2D eigenvalue weighted by Crippen LogP contribution is -2.21. The third kappa shape index (κ3) is 3.51. The third-order valence-corrected chi connectivity index (χ3v) is 2.17. The summed E-state index contributed by atoms with van der Waals surface area (Å²) >= 11 is 0. The van der Waals surface area contributed by atoms with Gasteiger partial charge in [0.25, 0.3) is 5.69 Å². The van der Waals surface area contributed by atoms with Gasteiger partial charge in [-0.3, -0.25) is 14.9 Å². The maximum absolute atomic E-state index is 10.5. The first-order chi connectivity index (χ1) is 7.91. The van der Waals surface area contributed by atoms with Gasteiger partial charge < -0.3 is 15.3 Å². The fourth-order valence-corrected chi connectivity index (χ4v) is 1.34. The number of aliphatic hydroxyl groups is 2. The number of nitro benzene ring substituents is 1. The molecule has 1 aromatic carbocycles. The van der Waals surface area contributed by atoms with Crippen molar-refractivity contribution in [2.75, 3.05) is 0 Å². The Hall–Kier alpha value is -1.99. The normalized spacial score (nSPS) is 14.0. The Morgan fingerprint density at radius 1 is 1.41 bits per heavy atom. The van der Waals surface area contributed by atoms with Gasteiger partial charge in [0.15, 0.2) is 0 Å². The van der Waals surface area contributed by atoms with E-state index >= 15 is 0 Å². The Kier molecular flexibility index (Phi) is 4.13. The molecule has 0 bridgehead atoms. The largest absolute Gasteiger partial charge is 0.481 e. The van der Waals surface area contributed by atoms with E-state index in [1.165, 1.54) is 18.2 Å². The molecule has 0 fully saturated rings. The summed E-state index contributed by atoms with van der Waals surface area (Å²) in [5, 5.41) is 37.9. The van der Waals surface area contributed by atoms with Crippen LogP contribution in [0.1, 0.15) is 18.1 Å². The van der Waals surface area contributed by atoms with Crippen LogP contribution in [0.3, 0.4) is 0 Å². The fourth-order valence-electron chi connectivity index (χ4n) is 1.34. The lowest BCUT2D eigenvalue weighted by molar-refractivity contribution is -0.385. The minimum Gasteiger partial charge on any atom is -0.481 e. The summed E-state index contributed by atoms with van der Waals surface area (Å²) in [6, 6.07) is 5.06. The smallest absolute Gasteiger partial charge is 0.306 e. The number of hydrogen-bond donors (Lipinski definition) is 3. The monoisotopic (exact) mass is 241 g/mol. The van der Waals surface area contributed by atoms with E-state index in [1.807, 2.05) is 0 Å². The standard InChI is InChI=1S/C10H11NO6/c12-8(5-9(13)14)10(15)6-2-1-3-7(4-6)11(16)17/h1-4,8,10,12,15H,5H2,(H,13,14). The molecular weight excluding hydrogens is 230 g/mol. The first kappa shape index (κ1) is 13.1. The summed E-state index contributed by atoms with van der Waals surface area (Å²) < 4.78 is 0. The maximum Gasteiger partial charge on any atom is 0.306 e. The zero-order valence-electron chi connectivity index (χ0n) is 8.68. The Morgan fingerprint density at radius 2 is 2.06 bits per heavy atom. The van der Waals surface area contributed by atoms with E-state index in [2.05, 4.69) is 0 Å². The first-order valence-electron chi connectivity index (χ1n) is 4.74. The number of carbonyl (C=O) groups is 1. The molecule has 1 rings (SSSR count). The fraction of sp³-hybridized carbons (Fsp3) is 0.300. The van der Waals surface area contributed by atoms with Gasteiger partial charge in [0.2, 0.25) is 0 Å². The van der Waals surface area contributed by atoms with Crippen LogP contribution in [0.15, 0.2) is 24.3 Å². The number of carboxylic acid groups (broad SMARTS) is 1. The van der Waals surface area contributed by atoms with Crippen LogP contribution in [0.25, 0.3) is 0 Å². The SMILES string of the molecule is O=C(O)CC(O)C(O)c1cccc([N+](=O)[O-])c1. The molecule has 3 N–H and O–H groups in total. The minimum atomic E-state index is -1.51. The average molecular weight is 241 g/mol. The van der Waals surface area contributed by atoms with Gasteiger partial charge in [-0.15, -0.1) is 0 Å². The van der Waals surface area contributed by atoms with Gasteiger partial charge in [0.1, 0.15) is 6.10 Å². The zero-order chi connectivity index (χ0) is 13.0. The lowest BCUT2D eigenvalue weighted by atomic mass is 10.0. The molecule has 0 saturated heterocycles. The van der Waals surface area contributed by atoms with Crippen LogP contribution in [0.2, 0.25) is 0 Å². The Labute approximate surface area is 96.1 Å². The van der Waals surface area contributed by atoms with Crippen LogP contribution in [0.4, 0.5) is 5.69 Å². The van der Waals surface area contributed by atoms with E-state index in [4.69, 9.17) is 5.11 Å². The summed E-state index contributed by atoms with van der Waals surface area (Å²) in [4.78, 5) is 20.2. The van der Waals surface area contributed by atoms with E-state index < -0.39 is 29.5 Å². The van der Waals surface area contributed by atoms with Crippen LogP contribution in [-0.4, -0.2) is 32.3 Å². The number of carboxylic acids is 1. The summed E-state index contributed by atoms with van der Waals surface area (Å²) in [6.07, 6.45) is -3.61. The van der Waals surface area contributed by atoms with Gasteiger partial charge in [-0.05, 0) is 5.56 Å². The number of nitrogens with zero attached hydrogens (tertiary/aromatic N) is 1. The molecule has 0 saturated carbocycles. The molecular formula is C10H11NO6. The molecule has 0 amide bonds. The van der Waals surface area contributed by atoms with Crippen LogP contribution >= 0.6 is 0 Å². The highest BCUT2D eigenvalue weighted by Gasteiger charge is 2.22.